The van der Waals surface area contributed by atoms with Crippen LogP contribution in [-0.2, 0) is 25.9 Å². The van der Waals surface area contributed by atoms with Crippen LogP contribution in [0.5, 0.6) is 0 Å². The Morgan fingerprint density at radius 2 is 1.75 bits per heavy atom. The molecule has 1 heterocycles. The third kappa shape index (κ3) is 3.53. The van der Waals surface area contributed by atoms with Crippen molar-refractivity contribution >= 4 is 4.00 Å². The average molecular weight is 241 g/mol. The minimum Gasteiger partial charge on any atom is -1.00 e. The number of hydrogen-bond donors (Lipinski definition) is 1. The maximum Gasteiger partial charge on any atom is -1.00 e. The Hall–Kier alpha value is 0.574. The molecule has 0 saturated carbocycles. The summed E-state index contributed by atoms with van der Waals surface area (Å²) in [4.78, 5) is 3.18. The van der Waals surface area contributed by atoms with Gasteiger partial charge in [0.1, 0.15) is 0 Å². The number of hydrogen-bond acceptors (Lipinski definition) is 0. The van der Waals surface area contributed by atoms with E-state index in [-0.39, 0.29) is 30.2 Å². The zero-order chi connectivity index (χ0) is 7.78. The SMILES string of the molecule is CC(C)(C)c1cc[nH][c]1[Ti+2].[Cl-].[Cl-]. The summed E-state index contributed by atoms with van der Waals surface area (Å²) < 4.78 is 1.28. The predicted octanol–water partition coefficient (Wildman–Crippen LogP) is -4.51. The summed E-state index contributed by atoms with van der Waals surface area (Å²) in [6.07, 6.45) is 2.00. The Balaban J connectivity index is 0. The topological polar surface area (TPSA) is 15.8 Å². The Bertz CT molecular complexity index is 227. The number of H-pyrrole nitrogens is 1. The molecule has 0 fully saturated rings. The van der Waals surface area contributed by atoms with Gasteiger partial charge in [-0.15, -0.1) is 0 Å². The quantitative estimate of drug-likeness (QED) is 0.441. The van der Waals surface area contributed by atoms with E-state index in [1.165, 1.54) is 9.56 Å². The molecule has 1 aromatic rings. The smallest absolute Gasteiger partial charge is 1.00 e. The third-order valence-corrected chi connectivity index (χ3v) is 2.20. The van der Waals surface area contributed by atoms with Crippen molar-refractivity contribution in [3.05, 3.63) is 17.8 Å². The first-order valence-electron chi connectivity index (χ1n) is 3.41. The van der Waals surface area contributed by atoms with Crippen LogP contribution >= 0.6 is 0 Å². The molecule has 1 rings (SSSR count). The van der Waals surface area contributed by atoms with Gasteiger partial charge in [0.05, 0.1) is 0 Å². The molecule has 0 radical (unpaired) electrons. The van der Waals surface area contributed by atoms with E-state index in [2.05, 4.69) is 52.3 Å². The summed E-state index contributed by atoms with van der Waals surface area (Å²) in [5.41, 5.74) is 1.69. The van der Waals surface area contributed by atoms with E-state index in [0.29, 0.717) is 0 Å². The van der Waals surface area contributed by atoms with Crippen LogP contribution in [0.2, 0.25) is 0 Å². The largest absolute Gasteiger partial charge is 1.00 e. The minimum absolute atomic E-state index is 0. The summed E-state index contributed by atoms with van der Waals surface area (Å²) in [6.45, 7) is 6.68. The van der Waals surface area contributed by atoms with E-state index >= 15 is 0 Å². The maximum atomic E-state index is 3.18. The zero-order valence-corrected chi connectivity index (χ0v) is 10.5. The number of rotatable bonds is 0. The van der Waals surface area contributed by atoms with E-state index in [4.69, 9.17) is 0 Å². The Labute approximate surface area is 97.9 Å². The maximum absolute atomic E-state index is 3.18. The molecule has 0 unspecified atom stereocenters. The number of nitrogens with one attached hydrogen (secondary N) is 1. The van der Waals surface area contributed by atoms with E-state index in [0.717, 1.165) is 0 Å². The van der Waals surface area contributed by atoms with Crippen LogP contribution in [0.1, 0.15) is 26.3 Å². The first kappa shape index (κ1) is 15.1. The normalized spacial score (nSPS) is 10.1. The average Bonchev–Trinajstić information content (AvgIpc) is 2.11. The van der Waals surface area contributed by atoms with Gasteiger partial charge in [0, 0.05) is 0 Å². The van der Waals surface area contributed by atoms with Crippen LogP contribution in [-0.4, -0.2) is 4.98 Å². The molecule has 12 heavy (non-hydrogen) atoms. The van der Waals surface area contributed by atoms with Crippen molar-refractivity contribution in [1.82, 2.24) is 4.98 Å². The molecule has 0 bridgehead atoms. The van der Waals surface area contributed by atoms with Gasteiger partial charge in [-0.2, -0.15) is 0 Å². The van der Waals surface area contributed by atoms with Gasteiger partial charge in [0.25, 0.3) is 0 Å². The predicted molar refractivity (Wildman–Crippen MR) is 39.1 cm³/mol. The fraction of sp³-hybridized carbons (Fsp3) is 0.500. The van der Waals surface area contributed by atoms with Crippen LogP contribution in [0.25, 0.3) is 0 Å². The molecule has 0 aliphatic carbocycles. The molecule has 1 aromatic heterocycles. The van der Waals surface area contributed by atoms with Gasteiger partial charge in [-0.05, 0) is 0 Å². The molecular weight excluding hydrogens is 229 g/mol. The molecule has 1 nitrogen and oxygen atoms in total. The van der Waals surface area contributed by atoms with Gasteiger partial charge in [-0.1, -0.05) is 0 Å². The van der Waals surface area contributed by atoms with Gasteiger partial charge in [-0.3, -0.25) is 0 Å². The van der Waals surface area contributed by atoms with E-state index in [1.54, 1.807) is 0 Å². The molecule has 0 aliphatic heterocycles. The van der Waals surface area contributed by atoms with Gasteiger partial charge < -0.3 is 24.8 Å². The summed E-state index contributed by atoms with van der Waals surface area (Å²) in [7, 11) is 0. The van der Waals surface area contributed by atoms with Gasteiger partial charge in [0.15, 0.2) is 0 Å². The summed E-state index contributed by atoms with van der Waals surface area (Å²) in [6, 6.07) is 2.15. The Morgan fingerprint density at radius 3 is 1.92 bits per heavy atom. The van der Waals surface area contributed by atoms with Crippen molar-refractivity contribution in [3.8, 4) is 0 Å². The molecule has 0 spiro atoms. The van der Waals surface area contributed by atoms with Gasteiger partial charge >= 0.3 is 73.4 Å². The second-order valence-electron chi connectivity index (χ2n) is 3.52. The van der Waals surface area contributed by atoms with E-state index in [1.807, 2.05) is 6.20 Å². The Kier molecular flexibility index (Phi) is 6.70. The van der Waals surface area contributed by atoms with Gasteiger partial charge in [-0.25, -0.2) is 0 Å². The van der Waals surface area contributed by atoms with Crippen LogP contribution in [0.3, 0.4) is 0 Å². The summed E-state index contributed by atoms with van der Waals surface area (Å²) in [5, 5.41) is 0. The van der Waals surface area contributed by atoms with Crippen molar-refractivity contribution in [2.75, 3.05) is 0 Å². The van der Waals surface area contributed by atoms with E-state index < -0.39 is 0 Å². The molecule has 0 saturated heterocycles. The zero-order valence-electron chi connectivity index (χ0n) is 7.41. The van der Waals surface area contributed by atoms with Gasteiger partial charge in [0.2, 0.25) is 0 Å². The van der Waals surface area contributed by atoms with Crippen molar-refractivity contribution in [1.29, 1.82) is 0 Å². The molecule has 1 N–H and O–H groups in total. The summed E-state index contributed by atoms with van der Waals surface area (Å²) in [5.74, 6) is 0. The number of aromatic nitrogens is 1. The molecule has 67 valence electrons. The standard InChI is InChI=1S/C8H12N.2ClH.Ti/c1-8(2,3)7-4-5-9-6-7;;;/h4-5,9H,1-3H3;2*1H;/q;;;+2/p-2. The molecule has 4 heteroatoms. The fourth-order valence-corrected chi connectivity index (χ4v) is 1.84. The number of halogens is 2. The minimum atomic E-state index is 0. The fourth-order valence-electron chi connectivity index (χ4n) is 0.994. The second-order valence-corrected chi connectivity index (χ2v) is 4.30. The number of aromatic amines is 1. The van der Waals surface area contributed by atoms with Crippen LogP contribution < -0.4 is 28.8 Å². The summed E-state index contributed by atoms with van der Waals surface area (Å²) >= 11 is 2.11. The first-order valence-corrected chi connectivity index (χ1v) is 4.19. The van der Waals surface area contributed by atoms with Crippen molar-refractivity contribution in [3.63, 3.8) is 0 Å². The van der Waals surface area contributed by atoms with Crippen LogP contribution in [0, 0.1) is 0 Å². The van der Waals surface area contributed by atoms with Crippen molar-refractivity contribution in [2.45, 2.75) is 26.2 Å². The Morgan fingerprint density at radius 1 is 1.25 bits per heavy atom. The van der Waals surface area contributed by atoms with E-state index in [9.17, 15) is 0 Å². The molecule has 0 amide bonds. The second kappa shape index (κ2) is 5.34. The molecule has 0 aromatic carbocycles. The van der Waals surface area contributed by atoms with Crippen LogP contribution in [0.15, 0.2) is 12.3 Å². The first-order chi connectivity index (χ1) is 4.52. The third-order valence-electron chi connectivity index (χ3n) is 1.56. The van der Waals surface area contributed by atoms with Crippen molar-refractivity contribution in [2.24, 2.45) is 0 Å². The molecule has 0 atom stereocenters. The molecular formula is C8H12Cl2NTi. The van der Waals surface area contributed by atoms with Crippen molar-refractivity contribution < 1.29 is 45.2 Å². The van der Waals surface area contributed by atoms with Crippen LogP contribution in [0.4, 0.5) is 0 Å². The monoisotopic (exact) mass is 240 g/mol. The molecule has 0 aliphatic rings.